The quantitative estimate of drug-likeness (QED) is 0.700. The van der Waals surface area contributed by atoms with Crippen molar-refractivity contribution >= 4 is 0 Å². The van der Waals surface area contributed by atoms with E-state index in [9.17, 15) is 0 Å². The molecule has 1 rings (SSSR count). The van der Waals surface area contributed by atoms with Gasteiger partial charge in [-0.1, -0.05) is 27.2 Å². The van der Waals surface area contributed by atoms with Crippen molar-refractivity contribution in [3.05, 3.63) is 0 Å². The van der Waals surface area contributed by atoms with Gasteiger partial charge in [-0.15, -0.1) is 0 Å². The van der Waals surface area contributed by atoms with Gasteiger partial charge < -0.3 is 10.2 Å². The summed E-state index contributed by atoms with van der Waals surface area (Å²) in [5.41, 5.74) is 0. The van der Waals surface area contributed by atoms with E-state index in [-0.39, 0.29) is 0 Å². The van der Waals surface area contributed by atoms with Crippen LogP contribution in [-0.4, -0.2) is 38.1 Å². The smallest absolute Gasteiger partial charge is 0.000768 e. The van der Waals surface area contributed by atoms with E-state index in [0.29, 0.717) is 0 Å². The van der Waals surface area contributed by atoms with E-state index in [2.05, 4.69) is 38.0 Å². The summed E-state index contributed by atoms with van der Waals surface area (Å²) >= 11 is 0. The van der Waals surface area contributed by atoms with E-state index in [1.165, 1.54) is 32.6 Å². The lowest BCUT2D eigenvalue weighted by molar-refractivity contribution is 0.173. The van der Waals surface area contributed by atoms with Gasteiger partial charge >= 0.3 is 0 Å². The van der Waals surface area contributed by atoms with Crippen LogP contribution in [0, 0.1) is 17.8 Å². The zero-order chi connectivity index (χ0) is 10.6. The van der Waals surface area contributed by atoms with Crippen molar-refractivity contribution in [2.75, 3.05) is 33.2 Å². The molecular formula is C12H26N2. The minimum atomic E-state index is 0.840. The Labute approximate surface area is 89.1 Å². The summed E-state index contributed by atoms with van der Waals surface area (Å²) in [7, 11) is 2.26. The monoisotopic (exact) mass is 198 g/mol. The number of hydrogen-bond acceptors (Lipinski definition) is 2. The highest BCUT2D eigenvalue weighted by atomic mass is 15.1. The van der Waals surface area contributed by atoms with Crippen LogP contribution in [0.4, 0.5) is 0 Å². The van der Waals surface area contributed by atoms with Crippen LogP contribution in [0.15, 0.2) is 0 Å². The van der Waals surface area contributed by atoms with E-state index < -0.39 is 0 Å². The standard InChI is InChI=1S/C12H26N2/c1-5-10(2)8-14(4)9-11(3)12-6-13-7-12/h10-13H,5-9H2,1-4H3. The Morgan fingerprint density at radius 3 is 2.36 bits per heavy atom. The highest BCUT2D eigenvalue weighted by Crippen LogP contribution is 2.17. The van der Waals surface area contributed by atoms with Gasteiger partial charge in [0.1, 0.15) is 0 Å². The highest BCUT2D eigenvalue weighted by molar-refractivity contribution is 4.80. The molecule has 1 N–H and O–H groups in total. The molecule has 0 aromatic heterocycles. The zero-order valence-electron chi connectivity index (χ0n) is 10.2. The largest absolute Gasteiger partial charge is 0.316 e. The fraction of sp³-hybridized carbons (Fsp3) is 1.00. The van der Waals surface area contributed by atoms with E-state index in [4.69, 9.17) is 0 Å². The van der Waals surface area contributed by atoms with Gasteiger partial charge in [-0.05, 0) is 37.9 Å². The molecule has 2 heteroatoms. The van der Waals surface area contributed by atoms with Crippen LogP contribution in [0.25, 0.3) is 0 Å². The van der Waals surface area contributed by atoms with E-state index in [1.807, 2.05) is 0 Å². The molecule has 14 heavy (non-hydrogen) atoms. The first-order chi connectivity index (χ1) is 6.63. The second-order valence-electron chi connectivity index (χ2n) is 5.13. The van der Waals surface area contributed by atoms with Gasteiger partial charge in [0.2, 0.25) is 0 Å². The van der Waals surface area contributed by atoms with Gasteiger partial charge in [0.05, 0.1) is 0 Å². The number of rotatable bonds is 6. The van der Waals surface area contributed by atoms with Crippen LogP contribution in [0.5, 0.6) is 0 Å². The number of hydrogen-bond donors (Lipinski definition) is 1. The minimum Gasteiger partial charge on any atom is -0.316 e. The molecule has 1 fully saturated rings. The Morgan fingerprint density at radius 1 is 1.29 bits per heavy atom. The molecule has 2 unspecified atom stereocenters. The third kappa shape index (κ3) is 3.58. The molecule has 0 aromatic carbocycles. The van der Waals surface area contributed by atoms with Crippen molar-refractivity contribution in [3.63, 3.8) is 0 Å². The Balaban J connectivity index is 2.14. The molecule has 0 spiro atoms. The van der Waals surface area contributed by atoms with Crippen molar-refractivity contribution in [2.24, 2.45) is 17.8 Å². The second-order valence-corrected chi connectivity index (χ2v) is 5.13. The molecule has 2 atom stereocenters. The minimum absolute atomic E-state index is 0.840. The average Bonchev–Trinajstić information content (AvgIpc) is 1.99. The molecule has 84 valence electrons. The normalized spacial score (nSPS) is 22.1. The molecule has 1 heterocycles. The molecule has 0 aromatic rings. The first-order valence-electron chi connectivity index (χ1n) is 6.02. The third-order valence-corrected chi connectivity index (χ3v) is 3.54. The van der Waals surface area contributed by atoms with Crippen molar-refractivity contribution in [1.82, 2.24) is 10.2 Å². The second kappa shape index (κ2) is 5.72. The number of nitrogens with one attached hydrogen (secondary N) is 1. The maximum absolute atomic E-state index is 3.35. The summed E-state index contributed by atoms with van der Waals surface area (Å²) in [6.07, 6.45) is 1.30. The van der Waals surface area contributed by atoms with Crippen LogP contribution in [0.2, 0.25) is 0 Å². The van der Waals surface area contributed by atoms with Crippen molar-refractivity contribution < 1.29 is 0 Å². The highest BCUT2D eigenvalue weighted by Gasteiger charge is 2.24. The van der Waals surface area contributed by atoms with Crippen LogP contribution in [-0.2, 0) is 0 Å². The van der Waals surface area contributed by atoms with Gasteiger partial charge in [-0.25, -0.2) is 0 Å². The lowest BCUT2D eigenvalue weighted by Gasteiger charge is -2.35. The zero-order valence-corrected chi connectivity index (χ0v) is 10.2. The lowest BCUT2D eigenvalue weighted by Crippen LogP contribution is -2.48. The van der Waals surface area contributed by atoms with Crippen LogP contribution < -0.4 is 5.32 Å². The fourth-order valence-electron chi connectivity index (χ4n) is 2.09. The van der Waals surface area contributed by atoms with Crippen LogP contribution in [0.3, 0.4) is 0 Å². The summed E-state index contributed by atoms with van der Waals surface area (Å²) in [5, 5.41) is 3.35. The summed E-state index contributed by atoms with van der Waals surface area (Å²) in [5.74, 6) is 2.62. The van der Waals surface area contributed by atoms with E-state index in [0.717, 1.165) is 17.8 Å². The maximum atomic E-state index is 3.35. The van der Waals surface area contributed by atoms with Crippen molar-refractivity contribution in [1.29, 1.82) is 0 Å². The molecule has 1 saturated heterocycles. The Bertz CT molecular complexity index is 154. The van der Waals surface area contributed by atoms with Crippen LogP contribution >= 0.6 is 0 Å². The fourth-order valence-corrected chi connectivity index (χ4v) is 2.09. The maximum Gasteiger partial charge on any atom is 0.000768 e. The predicted octanol–water partition coefficient (Wildman–Crippen LogP) is 1.82. The molecule has 1 aliphatic rings. The summed E-state index contributed by atoms with van der Waals surface area (Å²) in [4.78, 5) is 2.50. The average molecular weight is 198 g/mol. The molecule has 0 radical (unpaired) electrons. The Kier molecular flexibility index (Phi) is 4.90. The summed E-state index contributed by atoms with van der Waals surface area (Å²) in [6.45, 7) is 12.0. The summed E-state index contributed by atoms with van der Waals surface area (Å²) in [6, 6.07) is 0. The molecule has 0 saturated carbocycles. The molecular weight excluding hydrogens is 172 g/mol. The van der Waals surface area contributed by atoms with Crippen molar-refractivity contribution in [3.8, 4) is 0 Å². The van der Waals surface area contributed by atoms with Gasteiger partial charge in [0.15, 0.2) is 0 Å². The first kappa shape index (κ1) is 12.0. The molecule has 0 bridgehead atoms. The van der Waals surface area contributed by atoms with E-state index >= 15 is 0 Å². The topological polar surface area (TPSA) is 15.3 Å². The SMILES string of the molecule is CCC(C)CN(C)CC(C)C1CNC1. The first-order valence-corrected chi connectivity index (χ1v) is 6.02. The molecule has 0 amide bonds. The Hall–Kier alpha value is -0.0800. The van der Waals surface area contributed by atoms with E-state index in [1.54, 1.807) is 0 Å². The van der Waals surface area contributed by atoms with Crippen molar-refractivity contribution in [2.45, 2.75) is 27.2 Å². The number of nitrogens with zero attached hydrogens (tertiary/aromatic N) is 1. The Morgan fingerprint density at radius 2 is 1.93 bits per heavy atom. The van der Waals surface area contributed by atoms with Gasteiger partial charge in [0.25, 0.3) is 0 Å². The van der Waals surface area contributed by atoms with Gasteiger partial charge in [0, 0.05) is 13.1 Å². The molecule has 0 aliphatic carbocycles. The lowest BCUT2D eigenvalue weighted by atomic mass is 9.88. The molecule has 1 aliphatic heterocycles. The van der Waals surface area contributed by atoms with Crippen LogP contribution in [0.1, 0.15) is 27.2 Å². The summed E-state index contributed by atoms with van der Waals surface area (Å²) < 4.78 is 0. The third-order valence-electron chi connectivity index (χ3n) is 3.54. The predicted molar refractivity (Wildman–Crippen MR) is 62.5 cm³/mol. The van der Waals surface area contributed by atoms with Gasteiger partial charge in [-0.3, -0.25) is 0 Å². The molecule has 2 nitrogen and oxygen atoms in total. The van der Waals surface area contributed by atoms with Gasteiger partial charge in [-0.2, -0.15) is 0 Å².